The van der Waals surface area contributed by atoms with Gasteiger partial charge in [0.2, 0.25) is 0 Å². The molecule has 0 aliphatic rings. The zero-order valence-corrected chi connectivity index (χ0v) is 16.4. The van der Waals surface area contributed by atoms with Crippen molar-refractivity contribution in [1.82, 2.24) is 4.98 Å². The Morgan fingerprint density at radius 1 is 0.839 bits per heavy atom. The van der Waals surface area contributed by atoms with Crippen molar-refractivity contribution in [3.63, 3.8) is 0 Å². The molecule has 11 heteroatoms. The molecule has 2 aromatic carbocycles. The molecular weight excluding hydrogens is 455 g/mol. The van der Waals surface area contributed by atoms with Gasteiger partial charge in [-0.05, 0) is 49.6 Å². The topological polar surface area (TPSA) is 42.1 Å². The minimum absolute atomic E-state index is 0.235. The molecule has 0 atom stereocenters. The summed E-state index contributed by atoms with van der Waals surface area (Å²) in [5.74, 6) is 0.239. The molecule has 31 heavy (non-hydrogen) atoms. The summed E-state index contributed by atoms with van der Waals surface area (Å²) in [6, 6.07) is 9.12. The van der Waals surface area contributed by atoms with E-state index in [-0.39, 0.29) is 24.2 Å². The lowest BCUT2D eigenvalue weighted by molar-refractivity contribution is -0.343. The molecule has 168 valence electrons. The standard InChI is InChI=1S/C20H15ClF7NO2/c21-11-3-5-13-15(9-11)29-16-10-12(4-6-14(16)17(13)30)31-8-2-1-7-18(22,19(23,24)25)20(26,27)28/h3-6,9-10H,1-2,7-8H2,(H,29,30). The number of halogens is 8. The van der Waals surface area contributed by atoms with E-state index in [1.807, 2.05) is 0 Å². The lowest BCUT2D eigenvalue weighted by atomic mass is 9.97. The fourth-order valence-corrected chi connectivity index (χ4v) is 3.30. The van der Waals surface area contributed by atoms with Crippen LogP contribution in [0.25, 0.3) is 21.8 Å². The Labute approximate surface area is 175 Å². The highest BCUT2D eigenvalue weighted by atomic mass is 35.5. The average Bonchev–Trinajstić information content (AvgIpc) is 2.65. The first kappa shape index (κ1) is 23.2. The molecule has 0 aliphatic carbocycles. The van der Waals surface area contributed by atoms with Crippen molar-refractivity contribution >= 4 is 33.4 Å². The van der Waals surface area contributed by atoms with Gasteiger partial charge in [-0.25, -0.2) is 4.39 Å². The average molecular weight is 470 g/mol. The Morgan fingerprint density at radius 2 is 1.42 bits per heavy atom. The fourth-order valence-electron chi connectivity index (χ4n) is 3.13. The Balaban J connectivity index is 1.68. The number of ether oxygens (including phenoxy) is 1. The number of benzene rings is 2. The van der Waals surface area contributed by atoms with Crippen LogP contribution in [0.4, 0.5) is 30.7 Å². The molecule has 1 heterocycles. The van der Waals surface area contributed by atoms with E-state index in [1.54, 1.807) is 18.2 Å². The van der Waals surface area contributed by atoms with Gasteiger partial charge in [0.1, 0.15) is 5.75 Å². The van der Waals surface area contributed by atoms with Gasteiger partial charge < -0.3 is 9.72 Å². The molecule has 0 unspecified atom stereocenters. The zero-order valence-electron chi connectivity index (χ0n) is 15.6. The van der Waals surface area contributed by atoms with Crippen molar-refractivity contribution in [2.45, 2.75) is 37.3 Å². The van der Waals surface area contributed by atoms with Gasteiger partial charge in [0.05, 0.1) is 17.6 Å². The summed E-state index contributed by atoms with van der Waals surface area (Å²) in [4.78, 5) is 15.6. The van der Waals surface area contributed by atoms with Crippen LogP contribution in [0.2, 0.25) is 5.02 Å². The van der Waals surface area contributed by atoms with E-state index in [9.17, 15) is 35.5 Å². The molecule has 0 spiro atoms. The Morgan fingerprint density at radius 3 is 2.03 bits per heavy atom. The van der Waals surface area contributed by atoms with E-state index >= 15 is 0 Å². The van der Waals surface area contributed by atoms with E-state index in [0.29, 0.717) is 26.8 Å². The van der Waals surface area contributed by atoms with Gasteiger partial charge in [-0.2, -0.15) is 26.3 Å². The zero-order chi connectivity index (χ0) is 23.0. The van der Waals surface area contributed by atoms with Crippen LogP contribution in [-0.2, 0) is 0 Å². The molecule has 0 fully saturated rings. The van der Waals surface area contributed by atoms with Crippen LogP contribution in [0, 0.1) is 0 Å². The highest BCUT2D eigenvalue weighted by Crippen LogP contribution is 2.49. The summed E-state index contributed by atoms with van der Waals surface area (Å²) < 4.78 is 94.1. The maximum atomic E-state index is 13.6. The van der Waals surface area contributed by atoms with Crippen LogP contribution in [-0.4, -0.2) is 29.6 Å². The van der Waals surface area contributed by atoms with Gasteiger partial charge in [0.25, 0.3) is 5.67 Å². The highest BCUT2D eigenvalue weighted by molar-refractivity contribution is 6.31. The minimum atomic E-state index is -6.05. The predicted octanol–water partition coefficient (Wildman–Crippen LogP) is 6.72. The lowest BCUT2D eigenvalue weighted by Gasteiger charge is -2.29. The Kier molecular flexibility index (Phi) is 6.14. The molecule has 0 saturated carbocycles. The van der Waals surface area contributed by atoms with E-state index in [0.717, 1.165) is 0 Å². The second kappa shape index (κ2) is 8.22. The Hall–Kier alpha value is -2.49. The minimum Gasteiger partial charge on any atom is -0.494 e. The summed E-state index contributed by atoms with van der Waals surface area (Å²) in [5.41, 5.74) is -4.61. The number of unbranched alkanes of at least 4 members (excludes halogenated alkanes) is 1. The van der Waals surface area contributed by atoms with Gasteiger partial charge in [0.15, 0.2) is 5.43 Å². The summed E-state index contributed by atoms with van der Waals surface area (Å²) in [6.07, 6.45) is -14.8. The molecule has 1 aromatic heterocycles. The number of aromatic nitrogens is 1. The largest absolute Gasteiger partial charge is 0.494 e. The monoisotopic (exact) mass is 469 g/mol. The van der Waals surface area contributed by atoms with Crippen molar-refractivity contribution in [1.29, 1.82) is 0 Å². The van der Waals surface area contributed by atoms with Crippen LogP contribution >= 0.6 is 11.6 Å². The van der Waals surface area contributed by atoms with Crippen LogP contribution in [0.5, 0.6) is 5.75 Å². The second-order valence-electron chi connectivity index (χ2n) is 6.95. The third kappa shape index (κ3) is 4.58. The molecule has 1 N–H and O–H groups in total. The number of pyridine rings is 1. The molecule has 0 radical (unpaired) electrons. The lowest BCUT2D eigenvalue weighted by Crippen LogP contribution is -2.53. The van der Waals surface area contributed by atoms with Gasteiger partial charge in [-0.1, -0.05) is 11.6 Å². The number of hydrogen-bond donors (Lipinski definition) is 1. The van der Waals surface area contributed by atoms with E-state index in [4.69, 9.17) is 16.3 Å². The fraction of sp³-hybridized carbons (Fsp3) is 0.350. The molecule has 3 nitrogen and oxygen atoms in total. The van der Waals surface area contributed by atoms with Gasteiger partial charge in [-0.3, -0.25) is 4.79 Å². The van der Waals surface area contributed by atoms with Gasteiger partial charge in [-0.15, -0.1) is 0 Å². The number of H-pyrrole nitrogens is 1. The third-order valence-corrected chi connectivity index (χ3v) is 5.05. The number of hydrogen-bond acceptors (Lipinski definition) is 2. The number of rotatable bonds is 6. The van der Waals surface area contributed by atoms with E-state index in [1.165, 1.54) is 18.2 Å². The highest BCUT2D eigenvalue weighted by Gasteiger charge is 2.71. The molecule has 0 saturated heterocycles. The summed E-state index contributed by atoms with van der Waals surface area (Å²) in [6.45, 7) is -0.235. The second-order valence-corrected chi connectivity index (χ2v) is 7.39. The quantitative estimate of drug-likeness (QED) is 0.247. The number of fused-ring (bicyclic) bond motifs is 2. The summed E-state index contributed by atoms with van der Waals surface area (Å²) >= 11 is 5.93. The molecule has 3 rings (SSSR count). The maximum Gasteiger partial charge on any atom is 0.431 e. The van der Waals surface area contributed by atoms with Crippen molar-refractivity contribution in [3.05, 3.63) is 51.6 Å². The number of alkyl halides is 7. The smallest absolute Gasteiger partial charge is 0.431 e. The number of nitrogens with one attached hydrogen (secondary N) is 1. The van der Waals surface area contributed by atoms with Gasteiger partial charge >= 0.3 is 12.4 Å². The molecular formula is C20H15ClF7NO2. The maximum absolute atomic E-state index is 13.6. The van der Waals surface area contributed by atoms with Crippen LogP contribution in [0.3, 0.4) is 0 Å². The predicted molar refractivity (Wildman–Crippen MR) is 102 cm³/mol. The SMILES string of the molecule is O=c1c2ccc(Cl)cc2[nH]c2cc(OCCCCC(F)(C(F)(F)F)C(F)(F)F)ccc12. The van der Waals surface area contributed by atoms with Crippen molar-refractivity contribution < 1.29 is 35.5 Å². The number of aromatic amines is 1. The van der Waals surface area contributed by atoms with E-state index < -0.39 is 30.9 Å². The first-order chi connectivity index (χ1) is 14.3. The Bertz CT molecular complexity index is 1140. The molecule has 3 aromatic rings. The summed E-state index contributed by atoms with van der Waals surface area (Å²) in [5, 5.41) is 1.20. The van der Waals surface area contributed by atoms with E-state index in [2.05, 4.69) is 4.98 Å². The van der Waals surface area contributed by atoms with Crippen LogP contribution < -0.4 is 10.2 Å². The molecule has 0 bridgehead atoms. The van der Waals surface area contributed by atoms with Crippen molar-refractivity contribution in [3.8, 4) is 5.75 Å². The third-order valence-electron chi connectivity index (χ3n) is 4.81. The molecule has 0 amide bonds. The van der Waals surface area contributed by atoms with Gasteiger partial charge in [0, 0.05) is 21.9 Å². The molecule has 0 aliphatic heterocycles. The first-order valence-corrected chi connectivity index (χ1v) is 9.42. The normalized spacial score (nSPS) is 13.2. The van der Waals surface area contributed by atoms with Crippen LogP contribution in [0.1, 0.15) is 19.3 Å². The van der Waals surface area contributed by atoms with Crippen LogP contribution in [0.15, 0.2) is 41.2 Å². The first-order valence-electron chi connectivity index (χ1n) is 9.04. The van der Waals surface area contributed by atoms with Crippen molar-refractivity contribution in [2.75, 3.05) is 6.61 Å². The summed E-state index contributed by atoms with van der Waals surface area (Å²) in [7, 11) is 0. The van der Waals surface area contributed by atoms with Crippen molar-refractivity contribution in [2.24, 2.45) is 0 Å².